The number of piperazine rings is 1. The largest absolute Gasteiger partial charge is 0.487 e. The van der Waals surface area contributed by atoms with Gasteiger partial charge in [-0.2, -0.15) is 0 Å². The van der Waals surface area contributed by atoms with Gasteiger partial charge in [0.1, 0.15) is 12.4 Å². The number of nitrogens with zero attached hydrogens (tertiary/aromatic N) is 3. The normalized spacial score (nSPS) is 14.5. The molecule has 0 bridgehead atoms. The van der Waals surface area contributed by atoms with Gasteiger partial charge in [-0.05, 0) is 24.6 Å². The molecule has 0 saturated carbocycles. The molecule has 1 saturated heterocycles. The van der Waals surface area contributed by atoms with Crippen LogP contribution in [-0.4, -0.2) is 79.6 Å². The molecular formula is C21H28N4O4S. The SMILES string of the molecule is COCCCNC(=O)CN1CCN(C(=O)c2cccc(OCc3cscn3)c2)CC1. The molecule has 0 unspecified atom stereocenters. The molecule has 1 aromatic carbocycles. The van der Waals surface area contributed by atoms with Gasteiger partial charge in [-0.15, -0.1) is 11.3 Å². The van der Waals surface area contributed by atoms with E-state index >= 15 is 0 Å². The summed E-state index contributed by atoms with van der Waals surface area (Å²) in [6, 6.07) is 7.24. The first kappa shape index (κ1) is 22.2. The fourth-order valence-corrected chi connectivity index (χ4v) is 3.72. The zero-order valence-corrected chi connectivity index (χ0v) is 18.0. The predicted octanol–water partition coefficient (Wildman–Crippen LogP) is 1.63. The monoisotopic (exact) mass is 432 g/mol. The second kappa shape index (κ2) is 11.6. The third-order valence-corrected chi connectivity index (χ3v) is 5.46. The van der Waals surface area contributed by atoms with Gasteiger partial charge in [0.2, 0.25) is 5.91 Å². The molecule has 1 aliphatic rings. The smallest absolute Gasteiger partial charge is 0.254 e. The van der Waals surface area contributed by atoms with Crippen LogP contribution < -0.4 is 10.1 Å². The van der Waals surface area contributed by atoms with Gasteiger partial charge >= 0.3 is 0 Å². The molecule has 8 nitrogen and oxygen atoms in total. The van der Waals surface area contributed by atoms with Crippen LogP contribution in [0.2, 0.25) is 0 Å². The van der Waals surface area contributed by atoms with Crippen LogP contribution in [0.15, 0.2) is 35.2 Å². The minimum absolute atomic E-state index is 0.0100. The number of ether oxygens (including phenoxy) is 2. The Bertz CT molecular complexity index is 807. The minimum atomic E-state index is -0.0159. The summed E-state index contributed by atoms with van der Waals surface area (Å²) in [4.78, 5) is 33.0. The summed E-state index contributed by atoms with van der Waals surface area (Å²) in [7, 11) is 1.65. The van der Waals surface area contributed by atoms with Gasteiger partial charge < -0.3 is 19.7 Å². The van der Waals surface area contributed by atoms with Crippen LogP contribution in [-0.2, 0) is 16.1 Å². The highest BCUT2D eigenvalue weighted by Gasteiger charge is 2.23. The fourth-order valence-electron chi connectivity index (χ4n) is 3.18. The lowest BCUT2D eigenvalue weighted by Gasteiger charge is -2.34. The Kier molecular flexibility index (Phi) is 8.61. The Hall–Kier alpha value is -2.49. The maximum atomic E-state index is 12.9. The van der Waals surface area contributed by atoms with Crippen molar-refractivity contribution < 1.29 is 19.1 Å². The van der Waals surface area contributed by atoms with Crippen LogP contribution >= 0.6 is 11.3 Å². The molecule has 3 rings (SSSR count). The number of carbonyl (C=O) groups excluding carboxylic acids is 2. The van der Waals surface area contributed by atoms with Crippen LogP contribution in [0.1, 0.15) is 22.5 Å². The molecule has 30 heavy (non-hydrogen) atoms. The molecule has 2 aromatic rings. The summed E-state index contributed by atoms with van der Waals surface area (Å²) >= 11 is 1.52. The van der Waals surface area contributed by atoms with E-state index < -0.39 is 0 Å². The van der Waals surface area contributed by atoms with Gasteiger partial charge in [-0.1, -0.05) is 6.07 Å². The summed E-state index contributed by atoms with van der Waals surface area (Å²) in [5.74, 6) is 0.645. The summed E-state index contributed by atoms with van der Waals surface area (Å²) in [6.07, 6.45) is 0.803. The molecule has 2 amide bonds. The predicted molar refractivity (Wildman–Crippen MR) is 115 cm³/mol. The average molecular weight is 433 g/mol. The van der Waals surface area contributed by atoms with E-state index in [-0.39, 0.29) is 11.8 Å². The third-order valence-electron chi connectivity index (χ3n) is 4.83. The zero-order chi connectivity index (χ0) is 21.2. The topological polar surface area (TPSA) is 84.0 Å². The first-order valence-electron chi connectivity index (χ1n) is 10.0. The van der Waals surface area contributed by atoms with Gasteiger partial charge in [0.15, 0.2) is 0 Å². The van der Waals surface area contributed by atoms with Gasteiger partial charge in [0, 0.05) is 57.4 Å². The molecule has 0 atom stereocenters. The second-order valence-electron chi connectivity index (χ2n) is 7.06. The van der Waals surface area contributed by atoms with Crippen LogP contribution in [0.3, 0.4) is 0 Å². The van der Waals surface area contributed by atoms with Crippen molar-refractivity contribution in [3.63, 3.8) is 0 Å². The Morgan fingerprint density at radius 3 is 2.80 bits per heavy atom. The number of thiazole rings is 1. The molecule has 2 heterocycles. The number of rotatable bonds is 10. The van der Waals surface area contributed by atoms with E-state index in [1.165, 1.54) is 11.3 Å². The highest BCUT2D eigenvalue weighted by molar-refractivity contribution is 7.07. The molecule has 1 N–H and O–H groups in total. The van der Waals surface area contributed by atoms with Gasteiger partial charge in [0.05, 0.1) is 17.7 Å². The van der Waals surface area contributed by atoms with Crippen molar-refractivity contribution in [2.24, 2.45) is 0 Å². The van der Waals surface area contributed by atoms with E-state index in [4.69, 9.17) is 9.47 Å². The Morgan fingerprint density at radius 1 is 1.23 bits per heavy atom. The van der Waals surface area contributed by atoms with Crippen molar-refractivity contribution >= 4 is 23.2 Å². The van der Waals surface area contributed by atoms with Crippen molar-refractivity contribution in [3.8, 4) is 5.75 Å². The number of methoxy groups -OCH3 is 1. The minimum Gasteiger partial charge on any atom is -0.487 e. The molecule has 0 aliphatic carbocycles. The number of amides is 2. The maximum Gasteiger partial charge on any atom is 0.254 e. The molecule has 9 heteroatoms. The Balaban J connectivity index is 1.43. The molecule has 0 radical (unpaired) electrons. The summed E-state index contributed by atoms with van der Waals surface area (Å²) in [5, 5.41) is 4.83. The molecule has 1 fully saturated rings. The summed E-state index contributed by atoms with van der Waals surface area (Å²) < 4.78 is 10.7. The number of carbonyl (C=O) groups is 2. The van der Waals surface area contributed by atoms with Gasteiger partial charge in [0.25, 0.3) is 5.91 Å². The lowest BCUT2D eigenvalue weighted by atomic mass is 10.1. The van der Waals surface area contributed by atoms with E-state index in [1.54, 1.807) is 24.8 Å². The summed E-state index contributed by atoms with van der Waals surface area (Å²) in [5.41, 5.74) is 3.24. The van der Waals surface area contributed by atoms with E-state index in [0.717, 1.165) is 12.1 Å². The number of benzene rings is 1. The Morgan fingerprint density at radius 2 is 2.07 bits per heavy atom. The molecule has 0 spiro atoms. The van der Waals surface area contributed by atoms with Crippen molar-refractivity contribution in [1.82, 2.24) is 20.1 Å². The standard InChI is InChI=1S/C21H28N4O4S/c1-28-11-3-6-22-20(26)13-24-7-9-25(10-8-24)21(27)17-4-2-5-19(12-17)29-14-18-15-30-16-23-18/h2,4-5,12,15-16H,3,6-11,13-14H2,1H3,(H,22,26). The zero-order valence-electron chi connectivity index (χ0n) is 17.2. The van der Waals surface area contributed by atoms with E-state index in [1.807, 2.05) is 22.4 Å². The lowest BCUT2D eigenvalue weighted by Crippen LogP contribution is -2.51. The lowest BCUT2D eigenvalue weighted by molar-refractivity contribution is -0.122. The first-order valence-corrected chi connectivity index (χ1v) is 11.0. The van der Waals surface area contributed by atoms with Crippen molar-refractivity contribution in [3.05, 3.63) is 46.4 Å². The third kappa shape index (κ3) is 6.79. The van der Waals surface area contributed by atoms with Crippen molar-refractivity contribution in [1.29, 1.82) is 0 Å². The average Bonchev–Trinajstić information content (AvgIpc) is 3.29. The number of hydrogen-bond acceptors (Lipinski definition) is 7. The van der Waals surface area contributed by atoms with Crippen molar-refractivity contribution in [2.75, 3.05) is 53.0 Å². The van der Waals surface area contributed by atoms with Crippen LogP contribution in [0.4, 0.5) is 0 Å². The summed E-state index contributed by atoms with van der Waals surface area (Å²) in [6.45, 7) is 4.54. The van der Waals surface area contributed by atoms with E-state index in [0.29, 0.717) is 63.8 Å². The quantitative estimate of drug-likeness (QED) is 0.575. The first-order chi connectivity index (χ1) is 14.7. The van der Waals surface area contributed by atoms with Crippen LogP contribution in [0, 0.1) is 0 Å². The second-order valence-corrected chi connectivity index (χ2v) is 7.78. The Labute approximate surface area is 180 Å². The fraction of sp³-hybridized carbons (Fsp3) is 0.476. The maximum absolute atomic E-state index is 12.9. The number of hydrogen-bond donors (Lipinski definition) is 1. The molecule has 1 aromatic heterocycles. The molecule has 162 valence electrons. The number of nitrogens with one attached hydrogen (secondary N) is 1. The molecular weight excluding hydrogens is 404 g/mol. The molecule has 1 aliphatic heterocycles. The highest BCUT2D eigenvalue weighted by atomic mass is 32.1. The van der Waals surface area contributed by atoms with Gasteiger partial charge in [-0.3, -0.25) is 14.5 Å². The van der Waals surface area contributed by atoms with E-state index in [9.17, 15) is 9.59 Å². The van der Waals surface area contributed by atoms with Crippen LogP contribution in [0.25, 0.3) is 0 Å². The van der Waals surface area contributed by atoms with Gasteiger partial charge in [-0.25, -0.2) is 4.98 Å². The van der Waals surface area contributed by atoms with Crippen LogP contribution in [0.5, 0.6) is 5.75 Å². The van der Waals surface area contributed by atoms with Crippen molar-refractivity contribution in [2.45, 2.75) is 13.0 Å². The van der Waals surface area contributed by atoms with E-state index in [2.05, 4.69) is 15.2 Å². The number of aromatic nitrogens is 1. The highest BCUT2D eigenvalue weighted by Crippen LogP contribution is 2.17.